The number of hydrogen-bond acceptors (Lipinski definition) is 2. The molecule has 0 fully saturated rings. The van der Waals surface area contributed by atoms with Gasteiger partial charge in [-0.25, -0.2) is 0 Å². The Morgan fingerprint density at radius 2 is 2.12 bits per heavy atom. The lowest BCUT2D eigenvalue weighted by Gasteiger charge is -2.09. The standard InChI is InChI=1S/C13H17BrO2/c1-4-16-12-6-5-11(7-10(2)9-14)8-13(12)15-3/h5-8H,4,9H2,1-3H3. The van der Waals surface area contributed by atoms with Crippen LogP contribution in [0.25, 0.3) is 6.08 Å². The zero-order chi connectivity index (χ0) is 12.0. The molecule has 2 nitrogen and oxygen atoms in total. The van der Waals surface area contributed by atoms with Gasteiger partial charge in [-0.15, -0.1) is 0 Å². The molecule has 0 aliphatic carbocycles. The van der Waals surface area contributed by atoms with E-state index in [0.717, 1.165) is 22.4 Å². The summed E-state index contributed by atoms with van der Waals surface area (Å²) in [5.74, 6) is 1.57. The van der Waals surface area contributed by atoms with Crippen molar-refractivity contribution in [1.29, 1.82) is 0 Å². The number of benzene rings is 1. The van der Waals surface area contributed by atoms with E-state index in [0.29, 0.717) is 6.61 Å². The van der Waals surface area contributed by atoms with Crippen molar-refractivity contribution in [3.63, 3.8) is 0 Å². The van der Waals surface area contributed by atoms with Crippen LogP contribution in [0, 0.1) is 0 Å². The fourth-order valence-corrected chi connectivity index (χ4v) is 1.53. The van der Waals surface area contributed by atoms with E-state index in [1.165, 1.54) is 5.57 Å². The number of allylic oxidation sites excluding steroid dienone is 1. The molecule has 1 aromatic rings. The first-order valence-corrected chi connectivity index (χ1v) is 6.37. The molecule has 0 bridgehead atoms. The second-order valence-electron chi connectivity index (χ2n) is 3.47. The Morgan fingerprint density at radius 1 is 1.38 bits per heavy atom. The van der Waals surface area contributed by atoms with Crippen LogP contribution in [0.1, 0.15) is 19.4 Å². The first-order chi connectivity index (χ1) is 7.71. The molecule has 1 rings (SSSR count). The first-order valence-electron chi connectivity index (χ1n) is 5.25. The zero-order valence-electron chi connectivity index (χ0n) is 9.92. The van der Waals surface area contributed by atoms with Crippen LogP contribution in [0.3, 0.4) is 0 Å². The Bertz CT molecular complexity index is 372. The van der Waals surface area contributed by atoms with Gasteiger partial charge in [0, 0.05) is 5.33 Å². The number of rotatable bonds is 5. The molecule has 0 saturated heterocycles. The van der Waals surface area contributed by atoms with E-state index in [2.05, 4.69) is 28.9 Å². The largest absolute Gasteiger partial charge is 0.493 e. The number of methoxy groups -OCH3 is 1. The lowest BCUT2D eigenvalue weighted by Crippen LogP contribution is -1.95. The Labute approximate surface area is 105 Å². The average molecular weight is 285 g/mol. The van der Waals surface area contributed by atoms with Gasteiger partial charge in [0.15, 0.2) is 11.5 Å². The van der Waals surface area contributed by atoms with Crippen LogP contribution in [-0.2, 0) is 0 Å². The Kier molecular flexibility index (Phi) is 5.39. The van der Waals surface area contributed by atoms with Crippen molar-refractivity contribution in [3.8, 4) is 11.5 Å². The van der Waals surface area contributed by atoms with Crippen molar-refractivity contribution >= 4 is 22.0 Å². The van der Waals surface area contributed by atoms with Crippen LogP contribution in [0.4, 0.5) is 0 Å². The van der Waals surface area contributed by atoms with Gasteiger partial charge in [0.2, 0.25) is 0 Å². The maximum atomic E-state index is 5.46. The zero-order valence-corrected chi connectivity index (χ0v) is 11.5. The van der Waals surface area contributed by atoms with Gasteiger partial charge >= 0.3 is 0 Å². The molecule has 0 saturated carbocycles. The van der Waals surface area contributed by atoms with Crippen molar-refractivity contribution < 1.29 is 9.47 Å². The molecule has 0 aliphatic heterocycles. The SMILES string of the molecule is CCOc1ccc(C=C(C)CBr)cc1OC. The van der Waals surface area contributed by atoms with E-state index in [1.54, 1.807) is 7.11 Å². The first kappa shape index (κ1) is 13.1. The Morgan fingerprint density at radius 3 is 2.69 bits per heavy atom. The molecule has 88 valence electrons. The van der Waals surface area contributed by atoms with Crippen LogP contribution in [0.2, 0.25) is 0 Å². The molecule has 0 radical (unpaired) electrons. The minimum atomic E-state index is 0.645. The van der Waals surface area contributed by atoms with Gasteiger partial charge in [0.1, 0.15) is 0 Å². The molecule has 3 heteroatoms. The van der Waals surface area contributed by atoms with Crippen LogP contribution in [-0.4, -0.2) is 19.0 Å². The van der Waals surface area contributed by atoms with Crippen molar-refractivity contribution in [3.05, 3.63) is 29.3 Å². The minimum Gasteiger partial charge on any atom is -0.493 e. The number of alkyl halides is 1. The summed E-state index contributed by atoms with van der Waals surface area (Å²) >= 11 is 3.42. The molecule has 0 N–H and O–H groups in total. The van der Waals surface area contributed by atoms with E-state index in [-0.39, 0.29) is 0 Å². The van der Waals surface area contributed by atoms with Crippen molar-refractivity contribution in [2.24, 2.45) is 0 Å². The van der Waals surface area contributed by atoms with Crippen molar-refractivity contribution in [2.75, 3.05) is 19.0 Å². The maximum Gasteiger partial charge on any atom is 0.161 e. The molecule has 1 aromatic carbocycles. The predicted octanol–water partition coefficient (Wildman–Crippen LogP) is 3.89. The van der Waals surface area contributed by atoms with Gasteiger partial charge in [-0.2, -0.15) is 0 Å². The van der Waals surface area contributed by atoms with Crippen LogP contribution >= 0.6 is 15.9 Å². The number of ether oxygens (including phenoxy) is 2. The Hall–Kier alpha value is -0.960. The summed E-state index contributed by atoms with van der Waals surface area (Å²) in [5, 5.41) is 0.878. The number of hydrogen-bond donors (Lipinski definition) is 0. The number of halogens is 1. The maximum absolute atomic E-state index is 5.46. The van der Waals surface area contributed by atoms with E-state index >= 15 is 0 Å². The third-order valence-corrected chi connectivity index (χ3v) is 3.00. The predicted molar refractivity (Wildman–Crippen MR) is 71.6 cm³/mol. The highest BCUT2D eigenvalue weighted by Crippen LogP contribution is 2.28. The topological polar surface area (TPSA) is 18.5 Å². The third-order valence-electron chi connectivity index (χ3n) is 2.11. The highest BCUT2D eigenvalue weighted by Gasteiger charge is 2.03. The molecular formula is C13H17BrO2. The molecule has 16 heavy (non-hydrogen) atoms. The summed E-state index contributed by atoms with van der Waals surface area (Å²) in [5.41, 5.74) is 2.39. The Balaban J connectivity index is 2.99. The monoisotopic (exact) mass is 284 g/mol. The fourth-order valence-electron chi connectivity index (χ4n) is 1.37. The van der Waals surface area contributed by atoms with Gasteiger partial charge in [-0.05, 0) is 31.5 Å². The lowest BCUT2D eigenvalue weighted by molar-refractivity contribution is 0.311. The molecular weight excluding hydrogens is 268 g/mol. The summed E-state index contributed by atoms with van der Waals surface area (Å²) in [4.78, 5) is 0. The minimum absolute atomic E-state index is 0.645. The quantitative estimate of drug-likeness (QED) is 0.764. The summed E-state index contributed by atoms with van der Waals surface area (Å²) in [7, 11) is 1.66. The van der Waals surface area contributed by atoms with E-state index in [4.69, 9.17) is 9.47 Å². The van der Waals surface area contributed by atoms with Gasteiger partial charge in [0.05, 0.1) is 13.7 Å². The molecule has 0 unspecified atom stereocenters. The smallest absolute Gasteiger partial charge is 0.161 e. The second kappa shape index (κ2) is 6.59. The summed E-state index contributed by atoms with van der Waals surface area (Å²) in [6.45, 7) is 4.69. The van der Waals surface area contributed by atoms with Gasteiger partial charge < -0.3 is 9.47 Å². The fraction of sp³-hybridized carbons (Fsp3) is 0.385. The molecule has 0 aromatic heterocycles. The molecule has 0 heterocycles. The second-order valence-corrected chi connectivity index (χ2v) is 4.03. The summed E-state index contributed by atoms with van der Waals surface area (Å²) in [6, 6.07) is 5.95. The van der Waals surface area contributed by atoms with Gasteiger partial charge in [-0.3, -0.25) is 0 Å². The van der Waals surface area contributed by atoms with Gasteiger partial charge in [0.25, 0.3) is 0 Å². The van der Waals surface area contributed by atoms with Crippen molar-refractivity contribution in [2.45, 2.75) is 13.8 Å². The molecule has 0 spiro atoms. The lowest BCUT2D eigenvalue weighted by atomic mass is 10.1. The van der Waals surface area contributed by atoms with Gasteiger partial charge in [-0.1, -0.05) is 33.6 Å². The molecule has 0 aliphatic rings. The normalized spacial score (nSPS) is 11.4. The highest BCUT2D eigenvalue weighted by molar-refractivity contribution is 9.09. The highest BCUT2D eigenvalue weighted by atomic mass is 79.9. The summed E-state index contributed by atoms with van der Waals surface area (Å²) in [6.07, 6.45) is 2.12. The van der Waals surface area contributed by atoms with Crippen LogP contribution in [0.15, 0.2) is 23.8 Å². The molecule has 0 atom stereocenters. The van der Waals surface area contributed by atoms with E-state index in [1.807, 2.05) is 25.1 Å². The third kappa shape index (κ3) is 3.56. The molecule has 0 amide bonds. The van der Waals surface area contributed by atoms with Crippen LogP contribution < -0.4 is 9.47 Å². The summed E-state index contributed by atoms with van der Waals surface area (Å²) < 4.78 is 10.7. The van der Waals surface area contributed by atoms with E-state index in [9.17, 15) is 0 Å². The van der Waals surface area contributed by atoms with E-state index < -0.39 is 0 Å². The van der Waals surface area contributed by atoms with Crippen molar-refractivity contribution in [1.82, 2.24) is 0 Å². The van der Waals surface area contributed by atoms with Crippen LogP contribution in [0.5, 0.6) is 11.5 Å². The average Bonchev–Trinajstić information content (AvgIpc) is 2.31.